The number of aliphatic carboxylic acids is 1. The van der Waals surface area contributed by atoms with Gasteiger partial charge in [-0.2, -0.15) is 0 Å². The van der Waals surface area contributed by atoms with Gasteiger partial charge in [0.25, 0.3) is 5.91 Å². The molecule has 1 aliphatic rings. The highest BCUT2D eigenvalue weighted by atomic mass is 16.5. The highest BCUT2D eigenvalue weighted by molar-refractivity contribution is 5.93. The van der Waals surface area contributed by atoms with Crippen LogP contribution in [0, 0.1) is 0 Å². The van der Waals surface area contributed by atoms with E-state index in [1.54, 1.807) is 11.0 Å². The van der Waals surface area contributed by atoms with Crippen molar-refractivity contribution >= 4 is 17.8 Å². The van der Waals surface area contributed by atoms with Gasteiger partial charge < -0.3 is 19.4 Å². The van der Waals surface area contributed by atoms with Crippen LogP contribution in [-0.2, 0) is 9.59 Å². The number of likely N-dealkylation sites (tertiary alicyclic amines) is 1. The van der Waals surface area contributed by atoms with E-state index >= 15 is 0 Å². The van der Waals surface area contributed by atoms with Crippen LogP contribution in [0.15, 0.2) is 40.9 Å². The summed E-state index contributed by atoms with van der Waals surface area (Å²) in [6.07, 6.45) is 1.87. The molecule has 1 saturated heterocycles. The minimum absolute atomic E-state index is 0.191. The maximum Gasteiger partial charge on any atom is 0.323 e. The molecule has 1 N–H and O–H groups in total. The summed E-state index contributed by atoms with van der Waals surface area (Å²) < 4.78 is 5.31. The molecule has 1 fully saturated rings. The molecular weight excluding hydrogens is 362 g/mol. The van der Waals surface area contributed by atoms with Crippen LogP contribution < -0.4 is 0 Å². The highest BCUT2D eigenvalue weighted by Crippen LogP contribution is 2.22. The number of hydrogen-bond acceptors (Lipinski definition) is 5. The molecule has 0 spiro atoms. The molecule has 1 unspecified atom stereocenters. The molecule has 2 heterocycles. The molecular formula is C20H23N3O5. The Hall–Kier alpha value is -3.16. The Kier molecular flexibility index (Phi) is 6.08. The van der Waals surface area contributed by atoms with E-state index in [1.165, 1.54) is 11.8 Å². The van der Waals surface area contributed by atoms with Crippen LogP contribution in [0.1, 0.15) is 36.7 Å². The van der Waals surface area contributed by atoms with Crippen LogP contribution in [0.2, 0.25) is 0 Å². The Morgan fingerprint density at radius 2 is 1.96 bits per heavy atom. The van der Waals surface area contributed by atoms with Crippen molar-refractivity contribution in [3.63, 3.8) is 0 Å². The molecule has 0 saturated carbocycles. The van der Waals surface area contributed by atoms with Gasteiger partial charge in [-0.1, -0.05) is 35.5 Å². The molecule has 148 valence electrons. The molecule has 3 rings (SSSR count). The average Bonchev–Trinajstić information content (AvgIpc) is 3.05. The predicted octanol–water partition coefficient (Wildman–Crippen LogP) is 2.27. The molecule has 2 aromatic rings. The summed E-state index contributed by atoms with van der Waals surface area (Å²) >= 11 is 0. The van der Waals surface area contributed by atoms with Gasteiger partial charge in [0.2, 0.25) is 5.91 Å². The first kappa shape index (κ1) is 19.6. The van der Waals surface area contributed by atoms with Gasteiger partial charge in [-0.15, -0.1) is 0 Å². The number of nitrogens with zero attached hydrogens (tertiary/aromatic N) is 3. The normalized spacial score (nSPS) is 17.0. The van der Waals surface area contributed by atoms with Crippen molar-refractivity contribution < 1.29 is 24.0 Å². The number of carboxylic acids is 1. The Bertz CT molecular complexity index is 849. The lowest BCUT2D eigenvalue weighted by Crippen LogP contribution is -2.43. The summed E-state index contributed by atoms with van der Waals surface area (Å²) in [7, 11) is 0. The van der Waals surface area contributed by atoms with E-state index in [9.17, 15) is 14.4 Å². The lowest BCUT2D eigenvalue weighted by molar-refractivity contribution is -0.145. The molecule has 1 aromatic heterocycles. The monoisotopic (exact) mass is 385 g/mol. The van der Waals surface area contributed by atoms with Crippen LogP contribution in [0.3, 0.4) is 0 Å². The Labute approximate surface area is 162 Å². The number of amides is 2. The number of aromatic nitrogens is 1. The van der Waals surface area contributed by atoms with E-state index in [2.05, 4.69) is 5.16 Å². The Morgan fingerprint density at radius 3 is 2.64 bits per heavy atom. The molecule has 1 aromatic carbocycles. The smallest absolute Gasteiger partial charge is 0.323 e. The van der Waals surface area contributed by atoms with Gasteiger partial charge in [0.05, 0.1) is 0 Å². The van der Waals surface area contributed by atoms with Crippen molar-refractivity contribution in [3.05, 3.63) is 42.1 Å². The molecule has 8 nitrogen and oxygen atoms in total. The fourth-order valence-corrected chi connectivity index (χ4v) is 3.51. The fourth-order valence-electron chi connectivity index (χ4n) is 3.51. The van der Waals surface area contributed by atoms with Gasteiger partial charge in [-0.05, 0) is 19.3 Å². The lowest BCUT2D eigenvalue weighted by atomic mass is 10.1. The zero-order chi connectivity index (χ0) is 20.1. The third kappa shape index (κ3) is 4.57. The van der Waals surface area contributed by atoms with Gasteiger partial charge >= 0.3 is 5.97 Å². The summed E-state index contributed by atoms with van der Waals surface area (Å²) in [5.41, 5.74) is 1.09. The van der Waals surface area contributed by atoms with E-state index in [0.717, 1.165) is 5.56 Å². The number of carbonyl (C=O) groups excluding carboxylic acids is 2. The van der Waals surface area contributed by atoms with Gasteiger partial charge in [0.1, 0.15) is 6.54 Å². The van der Waals surface area contributed by atoms with Crippen molar-refractivity contribution in [1.29, 1.82) is 0 Å². The van der Waals surface area contributed by atoms with E-state index in [-0.39, 0.29) is 30.1 Å². The van der Waals surface area contributed by atoms with E-state index < -0.39 is 5.97 Å². The van der Waals surface area contributed by atoms with Crippen LogP contribution in [0.25, 0.3) is 11.3 Å². The van der Waals surface area contributed by atoms with E-state index in [1.807, 2.05) is 30.3 Å². The van der Waals surface area contributed by atoms with Crippen LogP contribution >= 0.6 is 0 Å². The molecule has 1 aliphatic heterocycles. The van der Waals surface area contributed by atoms with E-state index in [4.69, 9.17) is 9.63 Å². The zero-order valence-electron chi connectivity index (χ0n) is 15.7. The maximum atomic E-state index is 12.8. The predicted molar refractivity (Wildman–Crippen MR) is 101 cm³/mol. The van der Waals surface area contributed by atoms with Crippen molar-refractivity contribution in [2.45, 2.75) is 32.2 Å². The fraction of sp³-hybridized carbons (Fsp3) is 0.400. The first-order chi connectivity index (χ1) is 13.5. The van der Waals surface area contributed by atoms with Crippen molar-refractivity contribution in [2.24, 2.45) is 0 Å². The Balaban J connectivity index is 1.67. The van der Waals surface area contributed by atoms with E-state index in [0.29, 0.717) is 38.1 Å². The highest BCUT2D eigenvalue weighted by Gasteiger charge is 2.29. The van der Waals surface area contributed by atoms with Crippen molar-refractivity contribution in [2.75, 3.05) is 19.6 Å². The van der Waals surface area contributed by atoms with Crippen LogP contribution in [-0.4, -0.2) is 63.5 Å². The van der Waals surface area contributed by atoms with Gasteiger partial charge in [-0.3, -0.25) is 14.4 Å². The summed E-state index contributed by atoms with van der Waals surface area (Å²) in [4.78, 5) is 38.7. The minimum Gasteiger partial charge on any atom is -0.480 e. The van der Waals surface area contributed by atoms with Crippen LogP contribution in [0.5, 0.6) is 0 Å². The van der Waals surface area contributed by atoms with Crippen LogP contribution in [0.4, 0.5) is 0 Å². The summed E-state index contributed by atoms with van der Waals surface area (Å²) in [5.74, 6) is -1.00. The standard InChI is InChI=1S/C20H23N3O5/c1-14(24)23(13-19(25)26)16-8-5-10-22(11-9-16)20(27)17-12-18(28-21-17)15-6-3-2-4-7-15/h2-4,6-7,12,16H,5,8-11,13H2,1H3,(H,25,26). The molecule has 8 heteroatoms. The summed E-state index contributed by atoms with van der Waals surface area (Å²) in [5, 5.41) is 13.0. The molecule has 2 amide bonds. The Morgan fingerprint density at radius 1 is 1.21 bits per heavy atom. The second kappa shape index (κ2) is 8.69. The number of rotatable bonds is 5. The van der Waals surface area contributed by atoms with Gasteiger partial charge in [0.15, 0.2) is 11.5 Å². The first-order valence-corrected chi connectivity index (χ1v) is 9.26. The molecule has 0 bridgehead atoms. The third-order valence-electron chi connectivity index (χ3n) is 4.92. The molecule has 0 aliphatic carbocycles. The average molecular weight is 385 g/mol. The second-order valence-corrected chi connectivity index (χ2v) is 6.86. The van der Waals surface area contributed by atoms with Gasteiger partial charge in [0, 0.05) is 37.7 Å². The first-order valence-electron chi connectivity index (χ1n) is 9.26. The number of carbonyl (C=O) groups is 3. The second-order valence-electron chi connectivity index (χ2n) is 6.86. The third-order valence-corrected chi connectivity index (χ3v) is 4.92. The SMILES string of the molecule is CC(=O)N(CC(=O)O)C1CCCN(C(=O)c2cc(-c3ccccc3)on2)CC1. The molecule has 1 atom stereocenters. The number of carboxylic acid groups (broad SMARTS) is 1. The number of hydrogen-bond donors (Lipinski definition) is 1. The summed E-state index contributed by atoms with van der Waals surface area (Å²) in [6, 6.07) is 10.9. The maximum absolute atomic E-state index is 12.8. The summed E-state index contributed by atoms with van der Waals surface area (Å²) in [6.45, 7) is 2.01. The minimum atomic E-state index is -1.04. The van der Waals surface area contributed by atoms with Crippen molar-refractivity contribution in [3.8, 4) is 11.3 Å². The van der Waals surface area contributed by atoms with Crippen molar-refractivity contribution in [1.82, 2.24) is 15.0 Å². The topological polar surface area (TPSA) is 104 Å². The zero-order valence-corrected chi connectivity index (χ0v) is 15.7. The molecule has 28 heavy (non-hydrogen) atoms. The quantitative estimate of drug-likeness (QED) is 0.847. The largest absolute Gasteiger partial charge is 0.480 e. The number of benzene rings is 1. The molecule has 0 radical (unpaired) electrons. The lowest BCUT2D eigenvalue weighted by Gasteiger charge is -2.28. The van der Waals surface area contributed by atoms with Gasteiger partial charge in [-0.25, -0.2) is 0 Å².